The highest BCUT2D eigenvalue weighted by Gasteiger charge is 2.11. The van der Waals surface area contributed by atoms with Crippen LogP contribution in [0.15, 0.2) is 5.38 Å². The number of carboxylic acids is 1. The zero-order valence-electron chi connectivity index (χ0n) is 12.7. The molecular weight excluding hydrogens is 306 g/mol. The van der Waals surface area contributed by atoms with Gasteiger partial charge in [-0.25, -0.2) is 4.98 Å². The fraction of sp³-hybridized carbons (Fsp3) is 0.571. The predicted octanol–water partition coefficient (Wildman–Crippen LogP) is 1.65. The summed E-state index contributed by atoms with van der Waals surface area (Å²) in [7, 11) is 0. The van der Waals surface area contributed by atoms with Crippen LogP contribution in [0.3, 0.4) is 0 Å². The van der Waals surface area contributed by atoms with Gasteiger partial charge in [-0.15, -0.1) is 11.3 Å². The molecule has 2 amide bonds. The molecule has 1 heterocycles. The second-order valence-corrected chi connectivity index (χ2v) is 6.02. The third-order valence-corrected chi connectivity index (χ3v) is 3.59. The Bertz CT molecular complexity index is 528. The molecule has 0 bridgehead atoms. The maximum atomic E-state index is 11.7. The minimum atomic E-state index is -0.829. The van der Waals surface area contributed by atoms with Gasteiger partial charge in [0.25, 0.3) is 0 Å². The van der Waals surface area contributed by atoms with E-state index < -0.39 is 5.97 Å². The highest BCUT2D eigenvalue weighted by molar-refractivity contribution is 7.13. The SMILES string of the molecule is CC(C)C(=O)Nc1nc(CC(=O)NCCCCC(=O)O)cs1. The van der Waals surface area contributed by atoms with Gasteiger partial charge in [0.15, 0.2) is 5.13 Å². The number of nitrogens with zero attached hydrogens (tertiary/aromatic N) is 1. The van der Waals surface area contributed by atoms with E-state index in [0.29, 0.717) is 30.2 Å². The van der Waals surface area contributed by atoms with Crippen LogP contribution in [-0.2, 0) is 20.8 Å². The molecule has 7 nitrogen and oxygen atoms in total. The molecule has 1 aromatic heterocycles. The van der Waals surface area contributed by atoms with Crippen molar-refractivity contribution in [2.24, 2.45) is 5.92 Å². The first-order valence-corrected chi connectivity index (χ1v) is 8.00. The van der Waals surface area contributed by atoms with Gasteiger partial charge < -0.3 is 15.7 Å². The van der Waals surface area contributed by atoms with Gasteiger partial charge in [-0.1, -0.05) is 13.8 Å². The Morgan fingerprint density at radius 3 is 2.68 bits per heavy atom. The van der Waals surface area contributed by atoms with Gasteiger partial charge in [0.1, 0.15) is 0 Å². The van der Waals surface area contributed by atoms with Gasteiger partial charge in [0.2, 0.25) is 11.8 Å². The summed E-state index contributed by atoms with van der Waals surface area (Å²) in [6.07, 6.45) is 1.43. The van der Waals surface area contributed by atoms with Gasteiger partial charge in [0.05, 0.1) is 12.1 Å². The maximum absolute atomic E-state index is 11.7. The molecule has 0 spiro atoms. The first-order valence-electron chi connectivity index (χ1n) is 7.12. The molecule has 0 aliphatic carbocycles. The summed E-state index contributed by atoms with van der Waals surface area (Å²) in [5.41, 5.74) is 0.604. The van der Waals surface area contributed by atoms with E-state index in [4.69, 9.17) is 5.11 Å². The molecule has 0 radical (unpaired) electrons. The van der Waals surface area contributed by atoms with Gasteiger partial charge in [-0.2, -0.15) is 0 Å². The van der Waals surface area contributed by atoms with E-state index in [1.807, 2.05) is 0 Å². The van der Waals surface area contributed by atoms with E-state index in [2.05, 4.69) is 15.6 Å². The summed E-state index contributed by atoms with van der Waals surface area (Å²) in [6.45, 7) is 4.04. The van der Waals surface area contributed by atoms with Gasteiger partial charge in [-0.05, 0) is 12.8 Å². The van der Waals surface area contributed by atoms with E-state index in [9.17, 15) is 14.4 Å². The number of aromatic nitrogens is 1. The third-order valence-electron chi connectivity index (χ3n) is 2.79. The Labute approximate surface area is 133 Å². The van der Waals surface area contributed by atoms with Gasteiger partial charge in [0, 0.05) is 24.3 Å². The van der Waals surface area contributed by atoms with E-state index in [1.54, 1.807) is 19.2 Å². The molecule has 0 saturated carbocycles. The van der Waals surface area contributed by atoms with E-state index in [1.165, 1.54) is 11.3 Å². The highest BCUT2D eigenvalue weighted by atomic mass is 32.1. The number of anilines is 1. The van der Waals surface area contributed by atoms with Crippen molar-refractivity contribution in [1.82, 2.24) is 10.3 Å². The Kier molecular flexibility index (Phi) is 7.51. The standard InChI is InChI=1S/C14H21N3O4S/c1-9(2)13(21)17-14-16-10(8-22-14)7-11(18)15-6-4-3-5-12(19)20/h8-9H,3-7H2,1-2H3,(H,15,18)(H,19,20)(H,16,17,21). The van der Waals surface area contributed by atoms with Crippen molar-refractivity contribution in [3.63, 3.8) is 0 Å². The summed E-state index contributed by atoms with van der Waals surface area (Å²) in [6, 6.07) is 0. The molecule has 0 unspecified atom stereocenters. The quantitative estimate of drug-likeness (QED) is 0.598. The van der Waals surface area contributed by atoms with Crippen LogP contribution in [0.2, 0.25) is 0 Å². The monoisotopic (exact) mass is 327 g/mol. The summed E-state index contributed by atoms with van der Waals surface area (Å²) >= 11 is 1.28. The van der Waals surface area contributed by atoms with Crippen LogP contribution in [0.25, 0.3) is 0 Å². The third kappa shape index (κ3) is 7.16. The Balaban J connectivity index is 2.29. The van der Waals surface area contributed by atoms with Crippen molar-refractivity contribution < 1.29 is 19.5 Å². The van der Waals surface area contributed by atoms with Crippen LogP contribution in [0.4, 0.5) is 5.13 Å². The van der Waals surface area contributed by atoms with Crippen LogP contribution in [0, 0.1) is 5.92 Å². The Morgan fingerprint density at radius 1 is 1.32 bits per heavy atom. The molecule has 0 aliphatic rings. The molecule has 3 N–H and O–H groups in total. The number of unbranched alkanes of at least 4 members (excludes halogenated alkanes) is 1. The number of carbonyl (C=O) groups excluding carboxylic acids is 2. The lowest BCUT2D eigenvalue weighted by Gasteiger charge is -2.04. The minimum absolute atomic E-state index is 0.108. The molecule has 1 rings (SSSR count). The molecule has 122 valence electrons. The lowest BCUT2D eigenvalue weighted by Crippen LogP contribution is -2.26. The lowest BCUT2D eigenvalue weighted by atomic mass is 10.2. The van der Waals surface area contributed by atoms with Crippen molar-refractivity contribution in [3.8, 4) is 0 Å². The number of rotatable bonds is 9. The zero-order chi connectivity index (χ0) is 16.5. The summed E-state index contributed by atoms with van der Waals surface area (Å²) < 4.78 is 0. The fourth-order valence-corrected chi connectivity index (χ4v) is 2.26. The summed E-state index contributed by atoms with van der Waals surface area (Å²) in [4.78, 5) is 37.8. The molecule has 0 fully saturated rings. The number of hydrogen-bond donors (Lipinski definition) is 3. The van der Waals surface area contributed by atoms with Crippen molar-refractivity contribution in [1.29, 1.82) is 0 Å². The van der Waals surface area contributed by atoms with Crippen molar-refractivity contribution in [2.75, 3.05) is 11.9 Å². The minimum Gasteiger partial charge on any atom is -0.481 e. The molecule has 8 heteroatoms. The molecule has 0 aromatic carbocycles. The smallest absolute Gasteiger partial charge is 0.303 e. The average molecular weight is 327 g/mol. The second-order valence-electron chi connectivity index (χ2n) is 5.17. The first kappa shape index (κ1) is 18.1. The Morgan fingerprint density at radius 2 is 2.05 bits per heavy atom. The first-order chi connectivity index (χ1) is 10.4. The summed E-state index contributed by atoms with van der Waals surface area (Å²) in [5.74, 6) is -1.22. The van der Waals surface area contributed by atoms with Crippen molar-refractivity contribution >= 4 is 34.3 Å². The molecule has 0 saturated heterocycles. The molecule has 22 heavy (non-hydrogen) atoms. The van der Waals surface area contributed by atoms with Crippen LogP contribution < -0.4 is 10.6 Å². The topological polar surface area (TPSA) is 108 Å². The largest absolute Gasteiger partial charge is 0.481 e. The van der Waals surface area contributed by atoms with E-state index >= 15 is 0 Å². The number of aliphatic carboxylic acids is 1. The summed E-state index contributed by atoms with van der Waals surface area (Å²) in [5, 5.41) is 16.1. The van der Waals surface area contributed by atoms with Crippen LogP contribution in [0.5, 0.6) is 0 Å². The number of nitrogens with one attached hydrogen (secondary N) is 2. The number of carbonyl (C=O) groups is 3. The number of amides is 2. The number of hydrogen-bond acceptors (Lipinski definition) is 5. The van der Waals surface area contributed by atoms with Gasteiger partial charge in [-0.3, -0.25) is 14.4 Å². The van der Waals surface area contributed by atoms with Crippen LogP contribution >= 0.6 is 11.3 Å². The van der Waals surface area contributed by atoms with E-state index in [-0.39, 0.29) is 30.6 Å². The maximum Gasteiger partial charge on any atom is 0.303 e. The van der Waals surface area contributed by atoms with Crippen LogP contribution in [0.1, 0.15) is 38.8 Å². The van der Waals surface area contributed by atoms with Crippen LogP contribution in [-0.4, -0.2) is 34.4 Å². The zero-order valence-corrected chi connectivity index (χ0v) is 13.5. The molecule has 1 aromatic rings. The second kappa shape index (κ2) is 9.14. The number of thiazole rings is 1. The van der Waals surface area contributed by atoms with Crippen molar-refractivity contribution in [3.05, 3.63) is 11.1 Å². The normalized spacial score (nSPS) is 10.5. The van der Waals surface area contributed by atoms with E-state index in [0.717, 1.165) is 0 Å². The van der Waals surface area contributed by atoms with Crippen molar-refractivity contribution in [2.45, 2.75) is 39.5 Å². The molecule has 0 atom stereocenters. The Hall–Kier alpha value is -1.96. The average Bonchev–Trinajstić information content (AvgIpc) is 2.84. The number of carboxylic acid groups (broad SMARTS) is 1. The fourth-order valence-electron chi connectivity index (χ4n) is 1.55. The van der Waals surface area contributed by atoms with Gasteiger partial charge >= 0.3 is 5.97 Å². The predicted molar refractivity (Wildman–Crippen MR) is 83.8 cm³/mol. The lowest BCUT2D eigenvalue weighted by molar-refractivity contribution is -0.137. The molecule has 0 aliphatic heterocycles. The highest BCUT2D eigenvalue weighted by Crippen LogP contribution is 2.16. The molecular formula is C14H21N3O4S.